The van der Waals surface area contributed by atoms with Crippen molar-refractivity contribution in [2.24, 2.45) is 10.7 Å². The van der Waals surface area contributed by atoms with Crippen LogP contribution < -0.4 is 5.73 Å². The van der Waals surface area contributed by atoms with Crippen LogP contribution in [-0.4, -0.2) is 23.3 Å². The van der Waals surface area contributed by atoms with Gasteiger partial charge in [-0.05, 0) is 17.7 Å². The van der Waals surface area contributed by atoms with Crippen LogP contribution in [0.5, 0.6) is 0 Å². The third kappa shape index (κ3) is 2.71. The van der Waals surface area contributed by atoms with E-state index in [9.17, 15) is 9.59 Å². The number of hydrogen-bond acceptors (Lipinski definition) is 2. The molecule has 3 N–H and O–H groups in total. The van der Waals surface area contributed by atoms with Crippen molar-refractivity contribution in [1.82, 2.24) is 0 Å². The van der Waals surface area contributed by atoms with Gasteiger partial charge in [0.2, 0.25) is 0 Å². The zero-order chi connectivity index (χ0) is 10.6. The predicted octanol–water partition coefficient (Wildman–Crippen LogP) is 0.882. The molecule has 0 aliphatic carbocycles. The summed E-state index contributed by atoms with van der Waals surface area (Å²) >= 11 is 0. The van der Waals surface area contributed by atoms with E-state index in [1.807, 2.05) is 0 Å². The van der Waals surface area contributed by atoms with Crippen molar-refractivity contribution >= 4 is 18.2 Å². The number of carbonyl (C=O) groups excluding carboxylic acids is 1. The Morgan fingerprint density at radius 2 is 1.86 bits per heavy atom. The third-order valence-electron chi connectivity index (χ3n) is 1.50. The number of rotatable bonds is 2. The van der Waals surface area contributed by atoms with Crippen LogP contribution in [0.2, 0.25) is 0 Å². The van der Waals surface area contributed by atoms with Gasteiger partial charge in [-0.1, -0.05) is 12.1 Å². The highest BCUT2D eigenvalue weighted by Crippen LogP contribution is 2.02. The van der Waals surface area contributed by atoms with Gasteiger partial charge in [0.05, 0.1) is 5.56 Å². The average molecular weight is 192 g/mol. The van der Waals surface area contributed by atoms with Crippen molar-refractivity contribution in [1.29, 1.82) is 0 Å². The first kappa shape index (κ1) is 9.91. The summed E-state index contributed by atoms with van der Waals surface area (Å²) in [5.41, 5.74) is 5.59. The molecule has 0 aliphatic heterocycles. The number of primary amides is 1. The molecular weight excluding hydrogens is 184 g/mol. The highest BCUT2D eigenvalue weighted by atomic mass is 16.4. The number of aromatic carboxylic acids is 1. The van der Waals surface area contributed by atoms with E-state index in [4.69, 9.17) is 10.8 Å². The number of hydrogen-bond donors (Lipinski definition) is 2. The van der Waals surface area contributed by atoms with Gasteiger partial charge < -0.3 is 10.8 Å². The van der Waals surface area contributed by atoms with Crippen molar-refractivity contribution in [3.63, 3.8) is 0 Å². The molecule has 72 valence electrons. The molecule has 1 aromatic carbocycles. The van der Waals surface area contributed by atoms with E-state index in [0.29, 0.717) is 5.56 Å². The smallest absolute Gasteiger partial charge is 0.338 e. The number of nitrogens with zero attached hydrogens (tertiary/aromatic N) is 1. The Morgan fingerprint density at radius 1 is 1.29 bits per heavy atom. The van der Waals surface area contributed by atoms with Gasteiger partial charge in [0.25, 0.3) is 0 Å². The van der Waals surface area contributed by atoms with Gasteiger partial charge in [0.15, 0.2) is 0 Å². The number of carboxylic acids is 1. The molecule has 0 aliphatic rings. The molecule has 5 heteroatoms. The van der Waals surface area contributed by atoms with E-state index in [-0.39, 0.29) is 5.56 Å². The monoisotopic (exact) mass is 192 g/mol. The molecule has 0 radical (unpaired) electrons. The van der Waals surface area contributed by atoms with Crippen LogP contribution in [0.4, 0.5) is 4.79 Å². The van der Waals surface area contributed by atoms with Crippen LogP contribution in [-0.2, 0) is 0 Å². The van der Waals surface area contributed by atoms with Gasteiger partial charge in [-0.25, -0.2) is 14.6 Å². The molecule has 0 fully saturated rings. The van der Waals surface area contributed by atoms with Gasteiger partial charge in [-0.3, -0.25) is 0 Å². The van der Waals surface area contributed by atoms with E-state index in [1.54, 1.807) is 0 Å². The normalized spacial score (nSPS) is 10.3. The molecule has 0 heterocycles. The van der Waals surface area contributed by atoms with Gasteiger partial charge in [-0.2, -0.15) is 0 Å². The van der Waals surface area contributed by atoms with Crippen LogP contribution in [0.15, 0.2) is 29.3 Å². The lowest BCUT2D eigenvalue weighted by atomic mass is 10.1. The number of urea groups is 1. The fraction of sp³-hybridized carbons (Fsp3) is 0. The van der Waals surface area contributed by atoms with Gasteiger partial charge in [0.1, 0.15) is 0 Å². The van der Waals surface area contributed by atoms with Crippen molar-refractivity contribution in [2.45, 2.75) is 0 Å². The summed E-state index contributed by atoms with van der Waals surface area (Å²) in [6, 6.07) is 5.13. The quantitative estimate of drug-likeness (QED) is 0.681. The molecule has 0 spiro atoms. The molecule has 14 heavy (non-hydrogen) atoms. The van der Waals surface area contributed by atoms with Gasteiger partial charge in [-0.15, -0.1) is 0 Å². The first-order valence-electron chi connectivity index (χ1n) is 3.76. The summed E-state index contributed by atoms with van der Waals surface area (Å²) < 4.78 is 0. The van der Waals surface area contributed by atoms with E-state index in [0.717, 1.165) is 0 Å². The minimum absolute atomic E-state index is 0.182. The first-order chi connectivity index (χ1) is 6.59. The Bertz CT molecular complexity index is 382. The lowest BCUT2D eigenvalue weighted by Crippen LogP contribution is -2.04. The second kappa shape index (κ2) is 4.18. The third-order valence-corrected chi connectivity index (χ3v) is 1.50. The minimum Gasteiger partial charge on any atom is -0.478 e. The Morgan fingerprint density at radius 3 is 2.29 bits per heavy atom. The molecule has 5 nitrogen and oxygen atoms in total. The molecule has 0 saturated carbocycles. The van der Waals surface area contributed by atoms with E-state index < -0.39 is 12.0 Å². The molecule has 0 bridgehead atoms. The number of carbonyl (C=O) groups is 2. The summed E-state index contributed by atoms with van der Waals surface area (Å²) in [4.78, 5) is 24.1. The lowest BCUT2D eigenvalue weighted by molar-refractivity contribution is 0.0697. The summed E-state index contributed by atoms with van der Waals surface area (Å²) in [6.45, 7) is 0. The number of amides is 2. The van der Waals surface area contributed by atoms with Crippen molar-refractivity contribution < 1.29 is 14.7 Å². The molecular formula is C9H8N2O3. The Labute approximate surface area is 79.9 Å². The van der Waals surface area contributed by atoms with E-state index in [1.165, 1.54) is 30.5 Å². The standard InChI is InChI=1S/C9H8N2O3/c10-9(14)11-5-6-1-3-7(4-2-6)8(12)13/h1-5H,(H2,10,14)(H,12,13)/b11-5+. The molecule has 1 aromatic rings. The predicted molar refractivity (Wildman–Crippen MR) is 50.6 cm³/mol. The summed E-state index contributed by atoms with van der Waals surface area (Å²) in [6.07, 6.45) is 1.27. The van der Waals surface area contributed by atoms with Crippen molar-refractivity contribution in [3.8, 4) is 0 Å². The largest absolute Gasteiger partial charge is 0.478 e. The molecule has 2 amide bonds. The van der Waals surface area contributed by atoms with Crippen LogP contribution in [0.3, 0.4) is 0 Å². The van der Waals surface area contributed by atoms with Crippen LogP contribution >= 0.6 is 0 Å². The highest BCUT2D eigenvalue weighted by Gasteiger charge is 2.00. The van der Waals surface area contributed by atoms with Gasteiger partial charge >= 0.3 is 12.0 Å². The molecule has 0 atom stereocenters. The lowest BCUT2D eigenvalue weighted by Gasteiger charge is -1.94. The first-order valence-corrected chi connectivity index (χ1v) is 3.76. The number of carboxylic acid groups (broad SMARTS) is 1. The second-order valence-corrected chi connectivity index (χ2v) is 2.52. The fourth-order valence-corrected chi connectivity index (χ4v) is 0.850. The maximum atomic E-state index is 10.5. The number of benzene rings is 1. The summed E-state index contributed by atoms with van der Waals surface area (Å²) in [5.74, 6) is -0.997. The number of aliphatic imine (C=N–C) groups is 1. The van der Waals surface area contributed by atoms with Gasteiger partial charge in [0, 0.05) is 6.21 Å². The highest BCUT2D eigenvalue weighted by molar-refractivity contribution is 5.92. The van der Waals surface area contributed by atoms with E-state index in [2.05, 4.69) is 4.99 Å². The van der Waals surface area contributed by atoms with Crippen molar-refractivity contribution in [3.05, 3.63) is 35.4 Å². The maximum absolute atomic E-state index is 10.5. The van der Waals surface area contributed by atoms with Crippen LogP contribution in [0.1, 0.15) is 15.9 Å². The molecule has 0 aromatic heterocycles. The topological polar surface area (TPSA) is 92.8 Å². The summed E-state index contributed by atoms with van der Waals surface area (Å²) in [5, 5.41) is 8.59. The van der Waals surface area contributed by atoms with Crippen LogP contribution in [0.25, 0.3) is 0 Å². The van der Waals surface area contributed by atoms with Crippen molar-refractivity contribution in [2.75, 3.05) is 0 Å². The zero-order valence-corrected chi connectivity index (χ0v) is 7.18. The second-order valence-electron chi connectivity index (χ2n) is 2.52. The fourth-order valence-electron chi connectivity index (χ4n) is 0.850. The zero-order valence-electron chi connectivity index (χ0n) is 7.18. The van der Waals surface area contributed by atoms with Crippen LogP contribution in [0, 0.1) is 0 Å². The number of nitrogens with two attached hydrogens (primary N) is 1. The molecule has 1 rings (SSSR count). The minimum atomic E-state index is -0.997. The molecule has 0 saturated heterocycles. The SMILES string of the molecule is NC(=O)/N=C/c1ccc(C(=O)O)cc1. The maximum Gasteiger partial charge on any atom is 0.338 e. The molecule has 0 unspecified atom stereocenters. The Hall–Kier alpha value is -2.17. The van der Waals surface area contributed by atoms with E-state index >= 15 is 0 Å². The Kier molecular flexibility index (Phi) is 2.96. The summed E-state index contributed by atoms with van der Waals surface area (Å²) in [7, 11) is 0. The Balaban J connectivity index is 2.83. The average Bonchev–Trinajstić information content (AvgIpc) is 2.15.